The van der Waals surface area contributed by atoms with Crippen LogP contribution < -0.4 is 0 Å². The van der Waals surface area contributed by atoms with Gasteiger partial charge < -0.3 is 4.74 Å². The zero-order valence-corrected chi connectivity index (χ0v) is 16.1. The molecule has 0 aliphatic carbocycles. The first-order chi connectivity index (χ1) is 14.2. The second-order valence-corrected chi connectivity index (χ2v) is 6.79. The summed E-state index contributed by atoms with van der Waals surface area (Å²) in [4.78, 5) is 20.9. The monoisotopic (exact) mass is 404 g/mol. The highest BCUT2D eigenvalue weighted by molar-refractivity contribution is 6.30. The van der Waals surface area contributed by atoms with Crippen molar-refractivity contribution in [1.29, 1.82) is 0 Å². The standard InChI is InChI=1S/C22H17ClN4O2/c23-19-9-6-16(7-10-19)20(13-27-15-24-14-26-27)29-21(28)11-8-18-4-1-3-17-5-2-12-25-22(17)18/h1-12,14-15,20H,13H2/b11-8+. The van der Waals surface area contributed by atoms with E-state index in [-0.39, 0.29) is 0 Å². The quantitative estimate of drug-likeness (QED) is 0.350. The second kappa shape index (κ2) is 8.67. The Morgan fingerprint density at radius 2 is 1.97 bits per heavy atom. The topological polar surface area (TPSA) is 69.9 Å². The molecule has 1 atom stereocenters. The summed E-state index contributed by atoms with van der Waals surface area (Å²) in [6.45, 7) is 0.344. The van der Waals surface area contributed by atoms with Crippen LogP contribution >= 0.6 is 11.6 Å². The van der Waals surface area contributed by atoms with Gasteiger partial charge in [0.25, 0.3) is 0 Å². The first-order valence-electron chi connectivity index (χ1n) is 8.99. The Morgan fingerprint density at radius 3 is 2.76 bits per heavy atom. The van der Waals surface area contributed by atoms with Crippen molar-refractivity contribution in [2.45, 2.75) is 12.6 Å². The number of para-hydroxylation sites is 1. The number of halogens is 1. The molecule has 0 aliphatic rings. The summed E-state index contributed by atoms with van der Waals surface area (Å²) in [6, 6.07) is 16.9. The molecule has 144 valence electrons. The fourth-order valence-electron chi connectivity index (χ4n) is 2.98. The highest BCUT2D eigenvalue weighted by atomic mass is 35.5. The maximum atomic E-state index is 12.5. The Bertz CT molecular complexity index is 1140. The van der Waals surface area contributed by atoms with Gasteiger partial charge in [0.1, 0.15) is 18.8 Å². The number of esters is 1. The molecule has 0 fully saturated rings. The minimum Gasteiger partial charge on any atom is -0.452 e. The van der Waals surface area contributed by atoms with E-state index in [2.05, 4.69) is 15.1 Å². The van der Waals surface area contributed by atoms with Gasteiger partial charge >= 0.3 is 5.97 Å². The molecule has 0 bridgehead atoms. The van der Waals surface area contributed by atoms with Crippen molar-refractivity contribution in [1.82, 2.24) is 19.7 Å². The van der Waals surface area contributed by atoms with E-state index in [1.54, 1.807) is 35.4 Å². The first kappa shape index (κ1) is 18.8. The highest BCUT2D eigenvalue weighted by Gasteiger charge is 2.17. The number of benzene rings is 2. The van der Waals surface area contributed by atoms with Crippen LogP contribution in [0.5, 0.6) is 0 Å². The summed E-state index contributed by atoms with van der Waals surface area (Å²) >= 11 is 5.98. The lowest BCUT2D eigenvalue weighted by molar-refractivity contribution is -0.144. The molecule has 6 nitrogen and oxygen atoms in total. The smallest absolute Gasteiger partial charge is 0.331 e. The minimum atomic E-state index is -0.531. The van der Waals surface area contributed by atoms with Crippen LogP contribution in [-0.2, 0) is 16.1 Å². The van der Waals surface area contributed by atoms with Crippen molar-refractivity contribution >= 4 is 34.5 Å². The van der Waals surface area contributed by atoms with E-state index >= 15 is 0 Å². The van der Waals surface area contributed by atoms with E-state index in [1.807, 2.05) is 42.5 Å². The lowest BCUT2D eigenvalue weighted by Gasteiger charge is -2.17. The van der Waals surface area contributed by atoms with E-state index in [0.29, 0.717) is 11.6 Å². The zero-order chi connectivity index (χ0) is 20.1. The molecule has 0 N–H and O–H groups in total. The van der Waals surface area contributed by atoms with E-state index in [0.717, 1.165) is 22.0 Å². The van der Waals surface area contributed by atoms with Gasteiger partial charge in [0, 0.05) is 28.2 Å². The summed E-state index contributed by atoms with van der Waals surface area (Å²) in [5.74, 6) is -0.460. The molecule has 4 aromatic rings. The predicted octanol–water partition coefficient (Wildman–Crippen LogP) is 4.48. The number of nitrogens with zero attached hydrogens (tertiary/aromatic N) is 4. The van der Waals surface area contributed by atoms with Gasteiger partial charge in [-0.2, -0.15) is 5.10 Å². The van der Waals surface area contributed by atoms with Gasteiger partial charge in [-0.1, -0.05) is 48.0 Å². The number of carbonyl (C=O) groups is 1. The van der Waals surface area contributed by atoms with Crippen molar-refractivity contribution in [3.8, 4) is 0 Å². The number of pyridine rings is 1. The molecule has 0 amide bonds. The van der Waals surface area contributed by atoms with Gasteiger partial charge in [0.2, 0.25) is 0 Å². The maximum absolute atomic E-state index is 12.5. The van der Waals surface area contributed by atoms with Gasteiger partial charge in [-0.05, 0) is 29.8 Å². The zero-order valence-electron chi connectivity index (χ0n) is 15.4. The van der Waals surface area contributed by atoms with Crippen molar-refractivity contribution in [3.63, 3.8) is 0 Å². The fourth-order valence-corrected chi connectivity index (χ4v) is 3.11. The molecule has 1 unspecified atom stereocenters. The van der Waals surface area contributed by atoms with Crippen LogP contribution in [0.3, 0.4) is 0 Å². The Kier molecular flexibility index (Phi) is 5.63. The average molecular weight is 405 g/mol. The van der Waals surface area contributed by atoms with Crippen LogP contribution in [0, 0.1) is 0 Å². The lowest BCUT2D eigenvalue weighted by Crippen LogP contribution is -2.16. The third-order valence-corrected chi connectivity index (χ3v) is 4.63. The van der Waals surface area contributed by atoms with E-state index in [9.17, 15) is 4.79 Å². The second-order valence-electron chi connectivity index (χ2n) is 6.35. The molecule has 0 radical (unpaired) electrons. The molecule has 2 aromatic heterocycles. The summed E-state index contributed by atoms with van der Waals surface area (Å²) in [7, 11) is 0. The number of hydrogen-bond acceptors (Lipinski definition) is 5. The molecule has 0 saturated carbocycles. The van der Waals surface area contributed by atoms with Crippen LogP contribution in [0.25, 0.3) is 17.0 Å². The first-order valence-corrected chi connectivity index (χ1v) is 9.37. The summed E-state index contributed by atoms with van der Waals surface area (Å²) in [5.41, 5.74) is 2.49. The predicted molar refractivity (Wildman–Crippen MR) is 111 cm³/mol. The molecule has 4 rings (SSSR count). The normalized spacial score (nSPS) is 12.3. The van der Waals surface area contributed by atoms with Crippen LogP contribution in [0.15, 0.2) is 79.5 Å². The number of fused-ring (bicyclic) bond motifs is 1. The van der Waals surface area contributed by atoms with Crippen LogP contribution in [0.4, 0.5) is 0 Å². The summed E-state index contributed by atoms with van der Waals surface area (Å²) < 4.78 is 7.32. The van der Waals surface area contributed by atoms with Gasteiger partial charge in [-0.15, -0.1) is 0 Å². The third-order valence-electron chi connectivity index (χ3n) is 4.38. The third kappa shape index (κ3) is 4.67. The van der Waals surface area contributed by atoms with Crippen LogP contribution in [-0.4, -0.2) is 25.7 Å². The average Bonchev–Trinajstić information content (AvgIpc) is 3.25. The number of hydrogen-bond donors (Lipinski definition) is 0. The van der Waals surface area contributed by atoms with Gasteiger partial charge in [0.15, 0.2) is 0 Å². The molecular formula is C22H17ClN4O2. The molecule has 0 saturated heterocycles. The molecular weight excluding hydrogens is 388 g/mol. The van der Waals surface area contributed by atoms with E-state index in [1.165, 1.54) is 12.4 Å². The van der Waals surface area contributed by atoms with Gasteiger partial charge in [-0.25, -0.2) is 14.5 Å². The molecule has 29 heavy (non-hydrogen) atoms. The Morgan fingerprint density at radius 1 is 1.14 bits per heavy atom. The Labute approximate surface area is 172 Å². The summed E-state index contributed by atoms with van der Waals surface area (Å²) in [5, 5.41) is 5.72. The Balaban J connectivity index is 1.54. The van der Waals surface area contributed by atoms with E-state index < -0.39 is 12.1 Å². The van der Waals surface area contributed by atoms with Crippen LogP contribution in [0.1, 0.15) is 17.2 Å². The van der Waals surface area contributed by atoms with Gasteiger partial charge in [0.05, 0.1) is 12.1 Å². The van der Waals surface area contributed by atoms with Crippen molar-refractivity contribution in [2.24, 2.45) is 0 Å². The molecule has 7 heteroatoms. The molecule has 0 aliphatic heterocycles. The fraction of sp³-hybridized carbons (Fsp3) is 0.0909. The molecule has 2 aromatic carbocycles. The van der Waals surface area contributed by atoms with Crippen molar-refractivity contribution < 1.29 is 9.53 Å². The number of aromatic nitrogens is 4. The highest BCUT2D eigenvalue weighted by Crippen LogP contribution is 2.22. The van der Waals surface area contributed by atoms with E-state index in [4.69, 9.17) is 16.3 Å². The maximum Gasteiger partial charge on any atom is 0.331 e. The lowest BCUT2D eigenvalue weighted by atomic mass is 10.1. The largest absolute Gasteiger partial charge is 0.452 e. The van der Waals surface area contributed by atoms with Crippen LogP contribution in [0.2, 0.25) is 5.02 Å². The SMILES string of the molecule is O=C(/C=C/c1cccc2cccnc12)OC(Cn1cncn1)c1ccc(Cl)cc1. The number of carbonyl (C=O) groups excluding carboxylic acids is 1. The Hall–Kier alpha value is -3.51. The summed E-state index contributed by atoms with van der Waals surface area (Å²) in [6.07, 6.45) is 7.34. The van der Waals surface area contributed by atoms with Crippen molar-refractivity contribution in [3.05, 3.63) is 95.7 Å². The minimum absolute atomic E-state index is 0.344. The van der Waals surface area contributed by atoms with Gasteiger partial charge in [-0.3, -0.25) is 4.98 Å². The molecule has 0 spiro atoms. The van der Waals surface area contributed by atoms with Crippen molar-refractivity contribution in [2.75, 3.05) is 0 Å². The molecule has 2 heterocycles. The number of ether oxygens (including phenoxy) is 1. The number of rotatable bonds is 6.